The third kappa shape index (κ3) is 14.1. The lowest BCUT2D eigenvalue weighted by molar-refractivity contribution is -0.137. The second-order valence-electron chi connectivity index (χ2n) is 8.41. The lowest BCUT2D eigenvalue weighted by Crippen LogP contribution is -1.93. The van der Waals surface area contributed by atoms with E-state index < -0.39 is 5.97 Å². The van der Waals surface area contributed by atoms with Gasteiger partial charge in [-0.15, -0.1) is 0 Å². The van der Waals surface area contributed by atoms with E-state index in [4.69, 9.17) is 10.8 Å². The van der Waals surface area contributed by atoms with Gasteiger partial charge < -0.3 is 15.8 Å². The van der Waals surface area contributed by atoms with Crippen LogP contribution in [-0.2, 0) is 4.79 Å². The van der Waals surface area contributed by atoms with E-state index in [1.807, 2.05) is 30.3 Å². The average molecular weight is 417 g/mol. The summed E-state index contributed by atoms with van der Waals surface area (Å²) in [5, 5.41) is 9.68. The Hall–Kier alpha value is -1.97. The maximum Gasteiger partial charge on any atom is 0.303 e. The molecule has 0 saturated heterocycles. The van der Waals surface area contributed by atoms with Crippen LogP contribution in [0.2, 0.25) is 0 Å². The summed E-state index contributed by atoms with van der Waals surface area (Å²) in [5.41, 5.74) is 6.63. The molecular formula is C26H44N2O2. The van der Waals surface area contributed by atoms with Crippen LogP contribution in [0.4, 0.5) is 5.82 Å². The summed E-state index contributed by atoms with van der Waals surface area (Å²) >= 11 is 0. The highest BCUT2D eigenvalue weighted by Gasteiger charge is 1.97. The van der Waals surface area contributed by atoms with E-state index in [1.165, 1.54) is 88.9 Å². The number of aromatic nitrogens is 1. The monoisotopic (exact) mass is 416 g/mol. The Kier molecular flexibility index (Phi) is 15.5. The molecule has 4 heteroatoms. The van der Waals surface area contributed by atoms with Crippen LogP contribution in [0.1, 0.15) is 110 Å². The highest BCUT2D eigenvalue weighted by molar-refractivity contribution is 5.83. The van der Waals surface area contributed by atoms with Crippen molar-refractivity contribution in [3.05, 3.63) is 30.3 Å². The number of carboxylic acids is 1. The minimum atomic E-state index is -0.653. The molecular weight excluding hydrogens is 372 g/mol. The molecule has 0 saturated carbocycles. The molecule has 2 rings (SSSR count). The maximum absolute atomic E-state index is 10.3. The van der Waals surface area contributed by atoms with Crippen LogP contribution in [0.25, 0.3) is 10.9 Å². The van der Waals surface area contributed by atoms with Crippen LogP contribution in [0, 0.1) is 0 Å². The van der Waals surface area contributed by atoms with E-state index in [9.17, 15) is 4.79 Å². The molecule has 4 nitrogen and oxygen atoms in total. The Bertz CT molecular complexity index is 633. The third-order valence-corrected chi connectivity index (χ3v) is 5.54. The van der Waals surface area contributed by atoms with Crippen molar-refractivity contribution in [2.45, 2.75) is 110 Å². The van der Waals surface area contributed by atoms with Gasteiger partial charge in [0.05, 0.1) is 0 Å². The van der Waals surface area contributed by atoms with Gasteiger partial charge in [-0.3, -0.25) is 4.79 Å². The van der Waals surface area contributed by atoms with E-state index in [1.54, 1.807) is 0 Å². The predicted molar refractivity (Wildman–Crippen MR) is 130 cm³/mol. The Morgan fingerprint density at radius 1 is 0.800 bits per heavy atom. The van der Waals surface area contributed by atoms with Crippen LogP contribution in [0.5, 0.6) is 0 Å². The summed E-state index contributed by atoms with van der Waals surface area (Å²) in [5.74, 6) is 0.0703. The number of fused-ring (bicyclic) bond motifs is 1. The summed E-state index contributed by atoms with van der Waals surface area (Å²) in [7, 11) is 0. The number of nitrogens with two attached hydrogens (primary N) is 1. The normalized spacial score (nSPS) is 10.7. The number of nitrogens with one attached hydrogen (secondary N) is 1. The second kappa shape index (κ2) is 17.9. The molecule has 0 aliphatic heterocycles. The number of rotatable bonds is 16. The molecule has 0 fully saturated rings. The first-order valence-electron chi connectivity index (χ1n) is 12.2. The number of para-hydroxylation sites is 1. The Morgan fingerprint density at radius 3 is 1.73 bits per heavy atom. The number of aliphatic carboxylic acids is 1. The molecule has 0 bridgehead atoms. The van der Waals surface area contributed by atoms with Crippen molar-refractivity contribution in [3.63, 3.8) is 0 Å². The molecule has 0 atom stereocenters. The van der Waals surface area contributed by atoms with E-state index in [-0.39, 0.29) is 0 Å². The zero-order valence-electron chi connectivity index (χ0n) is 19.1. The van der Waals surface area contributed by atoms with Crippen molar-refractivity contribution in [2.24, 2.45) is 0 Å². The molecule has 1 aromatic carbocycles. The van der Waals surface area contributed by atoms with Crippen molar-refractivity contribution in [1.29, 1.82) is 0 Å². The fourth-order valence-corrected chi connectivity index (χ4v) is 3.74. The van der Waals surface area contributed by atoms with Gasteiger partial charge in [-0.05, 0) is 18.6 Å². The molecule has 0 amide bonds. The summed E-state index contributed by atoms with van der Waals surface area (Å²) < 4.78 is 0. The molecule has 0 spiro atoms. The van der Waals surface area contributed by atoms with Crippen LogP contribution < -0.4 is 5.73 Å². The Morgan fingerprint density at radius 2 is 1.27 bits per heavy atom. The van der Waals surface area contributed by atoms with Gasteiger partial charge in [0.2, 0.25) is 0 Å². The standard InChI is InChI=1S/C18H36O2.C8H8N2/c1-2-3-4-5-6-7-8-9-10-11-12-13-14-15-16-17-18(19)20;9-8-5-6-3-1-2-4-7(6)10-8/h2-17H2,1H3,(H,19,20);1-5,10H,9H2. The maximum atomic E-state index is 10.3. The number of benzene rings is 1. The van der Waals surface area contributed by atoms with Gasteiger partial charge in [-0.1, -0.05) is 115 Å². The van der Waals surface area contributed by atoms with Gasteiger partial charge in [0.1, 0.15) is 5.82 Å². The Balaban J connectivity index is 0.000000367. The number of hydrogen-bond donors (Lipinski definition) is 3. The number of carboxylic acid groups (broad SMARTS) is 1. The fourth-order valence-electron chi connectivity index (χ4n) is 3.74. The summed E-state index contributed by atoms with van der Waals surface area (Å²) in [4.78, 5) is 13.4. The van der Waals surface area contributed by atoms with Gasteiger partial charge in [0.15, 0.2) is 0 Å². The molecule has 0 radical (unpaired) electrons. The highest BCUT2D eigenvalue weighted by Crippen LogP contribution is 2.15. The van der Waals surface area contributed by atoms with Crippen LogP contribution in [0.15, 0.2) is 30.3 Å². The summed E-state index contributed by atoms with van der Waals surface area (Å²) in [6.07, 6.45) is 20.2. The summed E-state index contributed by atoms with van der Waals surface area (Å²) in [6, 6.07) is 9.94. The third-order valence-electron chi connectivity index (χ3n) is 5.54. The van der Waals surface area contributed by atoms with Gasteiger partial charge in [-0.2, -0.15) is 0 Å². The quantitative estimate of drug-likeness (QED) is 0.242. The molecule has 2 aromatic rings. The fraction of sp³-hybridized carbons (Fsp3) is 0.654. The molecule has 0 unspecified atom stereocenters. The number of aromatic amines is 1. The minimum absolute atomic E-state index is 0.345. The lowest BCUT2D eigenvalue weighted by atomic mass is 10.0. The minimum Gasteiger partial charge on any atom is -0.481 e. The molecule has 1 aromatic heterocycles. The SMILES string of the molecule is CCCCCCCCCCCCCCCCCC(=O)O.Nc1cc2ccccc2[nH]1. The zero-order chi connectivity index (χ0) is 21.9. The predicted octanol–water partition coefficient (Wildman–Crippen LogP) is 8.08. The lowest BCUT2D eigenvalue weighted by Gasteiger charge is -2.03. The van der Waals surface area contributed by atoms with Crippen LogP contribution in [0.3, 0.4) is 0 Å². The van der Waals surface area contributed by atoms with Gasteiger partial charge >= 0.3 is 5.97 Å². The number of unbranched alkanes of at least 4 members (excludes halogenated alkanes) is 14. The van der Waals surface area contributed by atoms with Crippen LogP contribution in [-0.4, -0.2) is 16.1 Å². The van der Waals surface area contributed by atoms with Crippen molar-refractivity contribution < 1.29 is 9.90 Å². The largest absolute Gasteiger partial charge is 0.481 e. The molecule has 4 N–H and O–H groups in total. The summed E-state index contributed by atoms with van der Waals surface area (Å²) in [6.45, 7) is 2.27. The van der Waals surface area contributed by atoms with E-state index in [0.29, 0.717) is 6.42 Å². The van der Waals surface area contributed by atoms with Gasteiger partial charge in [0.25, 0.3) is 0 Å². The average Bonchev–Trinajstić information content (AvgIpc) is 3.11. The van der Waals surface area contributed by atoms with Crippen molar-refractivity contribution in [3.8, 4) is 0 Å². The van der Waals surface area contributed by atoms with Crippen molar-refractivity contribution >= 4 is 22.7 Å². The second-order valence-corrected chi connectivity index (χ2v) is 8.41. The van der Waals surface area contributed by atoms with Gasteiger partial charge in [0, 0.05) is 17.3 Å². The number of nitrogen functional groups attached to an aromatic ring is 1. The van der Waals surface area contributed by atoms with Crippen molar-refractivity contribution in [2.75, 3.05) is 5.73 Å². The first kappa shape index (κ1) is 26.1. The van der Waals surface area contributed by atoms with Crippen molar-refractivity contribution in [1.82, 2.24) is 4.98 Å². The molecule has 0 aliphatic rings. The molecule has 170 valence electrons. The van der Waals surface area contributed by atoms with E-state index in [2.05, 4.69) is 11.9 Å². The molecule has 30 heavy (non-hydrogen) atoms. The number of carbonyl (C=O) groups is 1. The highest BCUT2D eigenvalue weighted by atomic mass is 16.4. The molecule has 1 heterocycles. The molecule has 0 aliphatic carbocycles. The van der Waals surface area contributed by atoms with Crippen LogP contribution >= 0.6 is 0 Å². The number of H-pyrrole nitrogens is 1. The first-order valence-corrected chi connectivity index (χ1v) is 12.2. The Labute approximate surface area is 183 Å². The number of anilines is 1. The smallest absolute Gasteiger partial charge is 0.303 e. The van der Waals surface area contributed by atoms with Gasteiger partial charge in [-0.25, -0.2) is 0 Å². The first-order chi connectivity index (χ1) is 14.6. The zero-order valence-corrected chi connectivity index (χ0v) is 19.1. The number of hydrogen-bond acceptors (Lipinski definition) is 2. The topological polar surface area (TPSA) is 79.1 Å². The van der Waals surface area contributed by atoms with E-state index >= 15 is 0 Å². The van der Waals surface area contributed by atoms with E-state index in [0.717, 1.165) is 24.2 Å².